The summed E-state index contributed by atoms with van der Waals surface area (Å²) in [5.41, 5.74) is 0.949. The maximum atomic E-state index is 13.5. The number of aromatic nitrogens is 1. The molecular weight excluding hydrogens is 436 g/mol. The van der Waals surface area contributed by atoms with E-state index in [1.165, 1.54) is 22.5 Å². The summed E-state index contributed by atoms with van der Waals surface area (Å²) in [6.45, 7) is 0.226. The maximum absolute atomic E-state index is 13.5. The molecule has 0 bridgehead atoms. The van der Waals surface area contributed by atoms with Crippen LogP contribution in [0.25, 0.3) is 11.3 Å². The Bertz CT molecular complexity index is 1320. The minimum Gasteiger partial charge on any atom is -0.440 e. The van der Waals surface area contributed by atoms with Gasteiger partial charge in [-0.2, -0.15) is 0 Å². The topological polar surface area (TPSA) is 97.6 Å². The van der Waals surface area contributed by atoms with Crippen LogP contribution in [0, 0.1) is 0 Å². The molecule has 0 radical (unpaired) electrons. The molecule has 2 aromatic carbocycles. The van der Waals surface area contributed by atoms with E-state index in [0.29, 0.717) is 24.5 Å². The molecule has 9 heteroatoms. The summed E-state index contributed by atoms with van der Waals surface area (Å²) in [5.74, 6) is 1.75. The average molecular weight is 459 g/mol. The zero-order valence-electron chi connectivity index (χ0n) is 16.8. The predicted octanol–water partition coefficient (Wildman–Crippen LogP) is 3.98. The van der Waals surface area contributed by atoms with Gasteiger partial charge in [0.15, 0.2) is 21.5 Å². The van der Waals surface area contributed by atoms with Crippen LogP contribution in [-0.4, -0.2) is 34.1 Å². The van der Waals surface area contributed by atoms with Crippen LogP contribution in [0.15, 0.2) is 68.9 Å². The number of fused-ring (bicyclic) bond motifs is 1. The third-order valence-corrected chi connectivity index (χ3v) is 9.34. The molecule has 0 saturated heterocycles. The summed E-state index contributed by atoms with van der Waals surface area (Å²) in [4.78, 5) is 4.47. The fourth-order valence-electron chi connectivity index (χ4n) is 3.81. The average Bonchev–Trinajstić information content (AvgIpc) is 3.49. The Hall–Kier alpha value is -2.65. The fourth-order valence-corrected chi connectivity index (χ4v) is 6.98. The monoisotopic (exact) mass is 458 g/mol. The van der Waals surface area contributed by atoms with Crippen LogP contribution in [0.3, 0.4) is 0 Å². The van der Waals surface area contributed by atoms with Crippen molar-refractivity contribution in [2.45, 2.75) is 41.4 Å². The number of oxazole rings is 1. The van der Waals surface area contributed by atoms with Crippen LogP contribution in [0.5, 0.6) is 0 Å². The highest BCUT2D eigenvalue weighted by Gasteiger charge is 2.32. The number of sulfonamides is 1. The van der Waals surface area contributed by atoms with Gasteiger partial charge >= 0.3 is 0 Å². The van der Waals surface area contributed by atoms with E-state index in [0.717, 1.165) is 24.3 Å². The lowest BCUT2D eigenvalue weighted by atomic mass is 10.2. The number of rotatable bonds is 4. The molecule has 0 spiro atoms. The van der Waals surface area contributed by atoms with E-state index in [1.807, 2.05) is 0 Å². The van der Waals surface area contributed by atoms with E-state index in [1.54, 1.807) is 36.5 Å². The number of sulfone groups is 1. The first-order chi connectivity index (χ1) is 14.9. The second-order valence-corrected chi connectivity index (χ2v) is 11.9. The van der Waals surface area contributed by atoms with Crippen molar-refractivity contribution >= 4 is 25.5 Å². The minimum absolute atomic E-state index is 0.0205. The Balaban J connectivity index is 1.50. The number of nitrogens with zero attached hydrogens (tertiary/aromatic N) is 2. The molecule has 2 aliphatic rings. The summed E-state index contributed by atoms with van der Waals surface area (Å²) in [7, 11) is -7.48. The van der Waals surface area contributed by atoms with Gasteiger partial charge in [0.05, 0.1) is 27.4 Å². The van der Waals surface area contributed by atoms with Gasteiger partial charge in [-0.15, -0.1) is 0 Å². The third-order valence-electron chi connectivity index (χ3n) is 5.67. The van der Waals surface area contributed by atoms with Crippen molar-refractivity contribution in [2.24, 2.45) is 0 Å². The van der Waals surface area contributed by atoms with Crippen molar-refractivity contribution in [3.63, 3.8) is 0 Å². The van der Waals surface area contributed by atoms with Crippen molar-refractivity contribution in [2.75, 3.05) is 16.6 Å². The van der Waals surface area contributed by atoms with Gasteiger partial charge in [-0.05, 0) is 62.1 Å². The van der Waals surface area contributed by atoms with E-state index in [4.69, 9.17) is 4.42 Å². The van der Waals surface area contributed by atoms with Crippen molar-refractivity contribution in [1.82, 2.24) is 4.98 Å². The van der Waals surface area contributed by atoms with Crippen LogP contribution in [0.2, 0.25) is 0 Å². The van der Waals surface area contributed by atoms with Crippen molar-refractivity contribution in [1.29, 1.82) is 0 Å². The quantitative estimate of drug-likeness (QED) is 0.587. The fraction of sp³-hybridized carbons (Fsp3) is 0.318. The minimum atomic E-state index is -3.94. The summed E-state index contributed by atoms with van der Waals surface area (Å²) < 4.78 is 59.3. The van der Waals surface area contributed by atoms with Gasteiger partial charge in [0.2, 0.25) is 0 Å². The maximum Gasteiger partial charge on any atom is 0.264 e. The smallest absolute Gasteiger partial charge is 0.264 e. The standard InChI is InChI=1S/C22H22N2O5S2/c25-30(26)14-4-3-13-24(19-5-1-2-6-21(19)30)31(27,28)18-11-9-16(10-12-18)20-15-23-22(29-20)17-7-8-17/h1-2,5-6,9-12,15,17H,3-4,7-8,13-14H2. The first-order valence-electron chi connectivity index (χ1n) is 10.3. The Kier molecular flexibility index (Phi) is 4.90. The molecule has 0 amide bonds. The molecule has 2 heterocycles. The van der Waals surface area contributed by atoms with Gasteiger partial charge in [0, 0.05) is 18.0 Å². The molecule has 1 aromatic heterocycles. The molecule has 7 nitrogen and oxygen atoms in total. The highest BCUT2D eigenvalue weighted by Crippen LogP contribution is 2.40. The lowest BCUT2D eigenvalue weighted by molar-refractivity contribution is 0.509. The molecule has 3 aromatic rings. The molecule has 0 unspecified atom stereocenters. The van der Waals surface area contributed by atoms with Crippen LogP contribution in [0.1, 0.15) is 37.5 Å². The molecule has 5 rings (SSSR count). The summed E-state index contributed by atoms with van der Waals surface area (Å²) in [6, 6.07) is 12.7. The van der Waals surface area contributed by atoms with E-state index < -0.39 is 19.9 Å². The second kappa shape index (κ2) is 7.49. The number of para-hydroxylation sites is 1. The zero-order valence-corrected chi connectivity index (χ0v) is 18.4. The Morgan fingerprint density at radius 1 is 1.00 bits per heavy atom. The molecule has 1 fully saturated rings. The summed E-state index contributed by atoms with van der Waals surface area (Å²) in [5, 5.41) is 0. The van der Waals surface area contributed by atoms with E-state index in [-0.39, 0.29) is 27.8 Å². The number of hydrogen-bond donors (Lipinski definition) is 0. The number of hydrogen-bond acceptors (Lipinski definition) is 6. The van der Waals surface area contributed by atoms with Crippen molar-refractivity contribution in [3.05, 3.63) is 60.6 Å². The van der Waals surface area contributed by atoms with Crippen molar-refractivity contribution < 1.29 is 21.3 Å². The van der Waals surface area contributed by atoms with E-state index in [2.05, 4.69) is 4.98 Å². The molecule has 0 N–H and O–H groups in total. The molecule has 162 valence electrons. The van der Waals surface area contributed by atoms with Crippen LogP contribution in [0.4, 0.5) is 5.69 Å². The van der Waals surface area contributed by atoms with E-state index >= 15 is 0 Å². The van der Waals surface area contributed by atoms with Gasteiger partial charge in [-0.3, -0.25) is 4.31 Å². The SMILES string of the molecule is O=S1(=O)CCCCN(S(=O)(=O)c2ccc(-c3cnc(C4CC4)o3)cc2)c2ccccc21. The molecule has 1 saturated carbocycles. The highest BCUT2D eigenvalue weighted by atomic mass is 32.2. The lowest BCUT2D eigenvalue weighted by Gasteiger charge is -2.28. The second-order valence-electron chi connectivity index (χ2n) is 7.93. The van der Waals surface area contributed by atoms with Crippen molar-refractivity contribution in [3.8, 4) is 11.3 Å². The van der Waals surface area contributed by atoms with Gasteiger partial charge in [-0.25, -0.2) is 21.8 Å². The van der Waals surface area contributed by atoms with Gasteiger partial charge in [-0.1, -0.05) is 12.1 Å². The molecule has 0 atom stereocenters. The van der Waals surface area contributed by atoms with Crippen LogP contribution < -0.4 is 4.31 Å². The summed E-state index contributed by atoms with van der Waals surface area (Å²) >= 11 is 0. The molecule has 1 aliphatic heterocycles. The first-order valence-corrected chi connectivity index (χ1v) is 13.4. The first kappa shape index (κ1) is 20.3. The van der Waals surface area contributed by atoms with Gasteiger partial charge < -0.3 is 4.42 Å². The number of anilines is 1. The van der Waals surface area contributed by atoms with Gasteiger partial charge in [0.25, 0.3) is 10.0 Å². The Labute approximate surface area is 181 Å². The van der Waals surface area contributed by atoms with E-state index in [9.17, 15) is 16.8 Å². The predicted molar refractivity (Wildman–Crippen MR) is 116 cm³/mol. The van der Waals surface area contributed by atoms with Crippen LogP contribution in [-0.2, 0) is 19.9 Å². The molecular formula is C22H22N2O5S2. The highest BCUT2D eigenvalue weighted by molar-refractivity contribution is 7.93. The lowest BCUT2D eigenvalue weighted by Crippen LogP contribution is -2.34. The largest absolute Gasteiger partial charge is 0.440 e. The van der Waals surface area contributed by atoms with Crippen LogP contribution >= 0.6 is 0 Å². The zero-order chi connectivity index (χ0) is 21.6. The van der Waals surface area contributed by atoms with Gasteiger partial charge in [0.1, 0.15) is 0 Å². The Morgan fingerprint density at radius 3 is 2.48 bits per heavy atom. The molecule has 1 aliphatic carbocycles. The normalized spacial score (nSPS) is 18.8. The summed E-state index contributed by atoms with van der Waals surface area (Å²) in [6.07, 6.45) is 4.72. The third kappa shape index (κ3) is 3.76. The number of benzene rings is 2. The molecule has 31 heavy (non-hydrogen) atoms. The Morgan fingerprint density at radius 2 is 1.74 bits per heavy atom.